The van der Waals surface area contributed by atoms with E-state index in [1.807, 2.05) is 0 Å². The molecule has 0 unspecified atom stereocenters. The molecule has 1 heterocycles. The first-order valence-electron chi connectivity index (χ1n) is 5.76. The van der Waals surface area contributed by atoms with Crippen molar-refractivity contribution in [2.45, 2.75) is 0 Å². The van der Waals surface area contributed by atoms with E-state index in [9.17, 15) is 4.79 Å². The molecule has 0 bridgehead atoms. The average molecular weight is 328 g/mol. The molecular formula is C13H11Cl2N3OS. The van der Waals surface area contributed by atoms with Crippen molar-refractivity contribution in [3.63, 3.8) is 0 Å². The van der Waals surface area contributed by atoms with Crippen LogP contribution in [-0.4, -0.2) is 34.9 Å². The molecule has 0 saturated carbocycles. The molecule has 0 aromatic heterocycles. The highest BCUT2D eigenvalue weighted by Gasteiger charge is 2.23. The SMILES string of the molecule is C#CCSC1=NCCN1C(=O)Nc1ccc(Cl)c(Cl)c1. The van der Waals surface area contributed by atoms with Gasteiger partial charge in [0.25, 0.3) is 0 Å². The smallest absolute Gasteiger partial charge is 0.307 e. The van der Waals surface area contributed by atoms with Crippen LogP contribution in [0.15, 0.2) is 23.2 Å². The lowest BCUT2D eigenvalue weighted by atomic mass is 10.3. The molecular weight excluding hydrogens is 317 g/mol. The summed E-state index contributed by atoms with van der Waals surface area (Å²) < 4.78 is 0. The van der Waals surface area contributed by atoms with Crippen molar-refractivity contribution in [2.24, 2.45) is 4.99 Å². The third-order valence-corrected chi connectivity index (χ3v) is 4.16. The molecule has 1 aliphatic heterocycles. The Morgan fingerprint density at radius 2 is 2.30 bits per heavy atom. The zero-order valence-electron chi connectivity index (χ0n) is 10.4. The van der Waals surface area contributed by atoms with Crippen LogP contribution in [0.1, 0.15) is 0 Å². The van der Waals surface area contributed by atoms with Crippen LogP contribution in [0.25, 0.3) is 0 Å². The molecule has 1 aromatic carbocycles. The first kappa shape index (κ1) is 15.0. The van der Waals surface area contributed by atoms with Crippen LogP contribution >= 0.6 is 35.0 Å². The fraction of sp³-hybridized carbons (Fsp3) is 0.231. The molecule has 0 fully saturated rings. The third kappa shape index (κ3) is 3.60. The Morgan fingerprint density at radius 3 is 3.00 bits per heavy atom. The van der Waals surface area contributed by atoms with Gasteiger partial charge in [-0.05, 0) is 18.2 Å². The average Bonchev–Trinajstić information content (AvgIpc) is 2.89. The number of thioether (sulfide) groups is 1. The number of hydrogen-bond acceptors (Lipinski definition) is 3. The lowest BCUT2D eigenvalue weighted by Crippen LogP contribution is -2.36. The Morgan fingerprint density at radius 1 is 1.50 bits per heavy atom. The third-order valence-electron chi connectivity index (χ3n) is 2.50. The number of nitrogens with zero attached hydrogens (tertiary/aromatic N) is 2. The van der Waals surface area contributed by atoms with Gasteiger partial charge in [-0.2, -0.15) is 0 Å². The van der Waals surface area contributed by atoms with Crippen molar-refractivity contribution in [3.8, 4) is 12.3 Å². The standard InChI is InChI=1S/C13H11Cl2N3OS/c1-2-7-20-13-16-5-6-18(13)12(19)17-9-3-4-10(14)11(15)8-9/h1,3-4,8H,5-7H2,(H,17,19). The van der Waals surface area contributed by atoms with Gasteiger partial charge in [-0.25, -0.2) is 4.79 Å². The monoisotopic (exact) mass is 327 g/mol. The van der Waals surface area contributed by atoms with Gasteiger partial charge in [0.05, 0.1) is 22.3 Å². The number of amides is 2. The number of benzene rings is 1. The number of terminal acetylenes is 1. The zero-order chi connectivity index (χ0) is 14.5. The largest absolute Gasteiger partial charge is 0.327 e. The molecule has 1 N–H and O–H groups in total. The minimum absolute atomic E-state index is 0.260. The Labute approximate surface area is 131 Å². The molecule has 20 heavy (non-hydrogen) atoms. The molecule has 0 spiro atoms. The summed E-state index contributed by atoms with van der Waals surface area (Å²) in [6, 6.07) is 4.66. The number of amidine groups is 1. The number of aliphatic imine (C=N–C) groups is 1. The van der Waals surface area contributed by atoms with Crippen molar-refractivity contribution in [1.82, 2.24) is 4.90 Å². The van der Waals surface area contributed by atoms with Gasteiger partial charge in [-0.15, -0.1) is 6.42 Å². The van der Waals surface area contributed by atoms with E-state index in [0.717, 1.165) is 0 Å². The fourth-order valence-electron chi connectivity index (χ4n) is 1.61. The van der Waals surface area contributed by atoms with E-state index in [2.05, 4.69) is 16.2 Å². The minimum atomic E-state index is -0.260. The van der Waals surface area contributed by atoms with E-state index in [0.29, 0.717) is 39.7 Å². The quantitative estimate of drug-likeness (QED) is 0.844. The Kier molecular flexibility index (Phi) is 5.18. The number of carbonyl (C=O) groups is 1. The van der Waals surface area contributed by atoms with Crippen LogP contribution in [0.5, 0.6) is 0 Å². The van der Waals surface area contributed by atoms with Crippen molar-refractivity contribution in [2.75, 3.05) is 24.2 Å². The molecule has 7 heteroatoms. The highest BCUT2D eigenvalue weighted by molar-refractivity contribution is 8.14. The summed E-state index contributed by atoms with van der Waals surface area (Å²) in [7, 11) is 0. The maximum atomic E-state index is 12.2. The summed E-state index contributed by atoms with van der Waals surface area (Å²) in [6.45, 7) is 1.13. The van der Waals surface area contributed by atoms with Gasteiger partial charge in [0, 0.05) is 12.2 Å². The van der Waals surface area contributed by atoms with Crippen molar-refractivity contribution in [3.05, 3.63) is 28.2 Å². The van der Waals surface area contributed by atoms with Crippen LogP contribution < -0.4 is 5.32 Å². The Bertz CT molecular complexity index is 598. The molecule has 0 radical (unpaired) electrons. The summed E-state index contributed by atoms with van der Waals surface area (Å²) in [5, 5.41) is 4.23. The molecule has 1 aliphatic rings. The minimum Gasteiger partial charge on any atom is -0.307 e. The number of hydrogen-bond donors (Lipinski definition) is 1. The van der Waals surface area contributed by atoms with E-state index in [4.69, 9.17) is 29.6 Å². The molecule has 1 aromatic rings. The van der Waals surface area contributed by atoms with Gasteiger partial charge in [-0.3, -0.25) is 9.89 Å². The van der Waals surface area contributed by atoms with Crippen LogP contribution in [0.2, 0.25) is 10.0 Å². The summed E-state index contributed by atoms with van der Waals surface area (Å²) in [5.41, 5.74) is 0.581. The van der Waals surface area contributed by atoms with Crippen molar-refractivity contribution in [1.29, 1.82) is 0 Å². The second-order valence-electron chi connectivity index (χ2n) is 3.87. The molecule has 2 amide bonds. The number of halogens is 2. The van der Waals surface area contributed by atoms with Gasteiger partial charge in [-0.1, -0.05) is 40.9 Å². The van der Waals surface area contributed by atoms with Crippen LogP contribution in [-0.2, 0) is 0 Å². The predicted octanol–water partition coefficient (Wildman–Crippen LogP) is 3.56. The number of urea groups is 1. The summed E-state index contributed by atoms with van der Waals surface area (Å²) in [6.07, 6.45) is 5.21. The van der Waals surface area contributed by atoms with Gasteiger partial charge in [0.1, 0.15) is 0 Å². The summed E-state index contributed by atoms with van der Waals surface area (Å²) >= 11 is 13.1. The van der Waals surface area contributed by atoms with Crippen LogP contribution in [0.4, 0.5) is 10.5 Å². The van der Waals surface area contributed by atoms with E-state index < -0.39 is 0 Å². The number of nitrogens with one attached hydrogen (secondary N) is 1. The Balaban J connectivity index is 2.03. The normalized spacial score (nSPS) is 13.8. The summed E-state index contributed by atoms with van der Waals surface area (Å²) in [4.78, 5) is 18.0. The van der Waals surface area contributed by atoms with Gasteiger partial charge >= 0.3 is 6.03 Å². The maximum Gasteiger partial charge on any atom is 0.327 e. The second-order valence-corrected chi connectivity index (χ2v) is 5.62. The highest BCUT2D eigenvalue weighted by atomic mass is 35.5. The van der Waals surface area contributed by atoms with E-state index in [-0.39, 0.29) is 6.03 Å². The van der Waals surface area contributed by atoms with E-state index in [1.165, 1.54) is 11.8 Å². The van der Waals surface area contributed by atoms with Crippen LogP contribution in [0, 0.1) is 12.3 Å². The Hall–Kier alpha value is -1.35. The van der Waals surface area contributed by atoms with Gasteiger partial charge in [0.2, 0.25) is 0 Å². The number of rotatable bonds is 2. The first-order valence-corrected chi connectivity index (χ1v) is 7.50. The molecule has 104 valence electrons. The van der Waals surface area contributed by atoms with Crippen molar-refractivity contribution >= 4 is 51.8 Å². The lowest BCUT2D eigenvalue weighted by Gasteiger charge is -2.18. The van der Waals surface area contributed by atoms with Gasteiger partial charge in [0.15, 0.2) is 5.17 Å². The fourth-order valence-corrected chi connectivity index (χ4v) is 2.63. The van der Waals surface area contributed by atoms with E-state index >= 15 is 0 Å². The van der Waals surface area contributed by atoms with Gasteiger partial charge < -0.3 is 5.32 Å². The number of carbonyl (C=O) groups excluding carboxylic acids is 1. The predicted molar refractivity (Wildman–Crippen MR) is 85.8 cm³/mol. The molecule has 0 atom stereocenters. The second kappa shape index (κ2) is 6.89. The summed E-state index contributed by atoms with van der Waals surface area (Å²) in [5.74, 6) is 2.99. The van der Waals surface area contributed by atoms with E-state index in [1.54, 1.807) is 23.1 Å². The molecule has 0 aliphatic carbocycles. The first-order chi connectivity index (χ1) is 9.61. The van der Waals surface area contributed by atoms with Crippen molar-refractivity contribution < 1.29 is 4.79 Å². The molecule has 0 saturated heterocycles. The topological polar surface area (TPSA) is 44.7 Å². The zero-order valence-corrected chi connectivity index (χ0v) is 12.7. The highest BCUT2D eigenvalue weighted by Crippen LogP contribution is 2.25. The number of anilines is 1. The lowest BCUT2D eigenvalue weighted by molar-refractivity contribution is 0.237. The van der Waals surface area contributed by atoms with Crippen LogP contribution in [0.3, 0.4) is 0 Å². The molecule has 2 rings (SSSR count). The molecule has 4 nitrogen and oxygen atoms in total. The maximum absolute atomic E-state index is 12.2.